The third-order valence-electron chi connectivity index (χ3n) is 9.22. The number of ether oxygens (including phenoxy) is 1. The number of rotatable bonds is 10. The van der Waals surface area contributed by atoms with Crippen molar-refractivity contribution in [3.05, 3.63) is 193 Å². The van der Waals surface area contributed by atoms with Crippen molar-refractivity contribution in [2.75, 3.05) is 0 Å². The summed E-state index contributed by atoms with van der Waals surface area (Å²) in [6.45, 7) is 7.88. The van der Waals surface area contributed by atoms with Crippen molar-refractivity contribution in [1.82, 2.24) is 30.6 Å². The van der Waals surface area contributed by atoms with Gasteiger partial charge in [0.05, 0.1) is 27.7 Å². The number of nitrogens with zero attached hydrogens (tertiary/aromatic N) is 4. The summed E-state index contributed by atoms with van der Waals surface area (Å²) in [6.07, 6.45) is 6.38. The van der Waals surface area contributed by atoms with Crippen LogP contribution in [0.15, 0.2) is 145 Å². The highest BCUT2D eigenvalue weighted by Gasteiger charge is 2.19. The van der Waals surface area contributed by atoms with E-state index in [1.807, 2.05) is 123 Å². The number of aryl methyl sites for hydroxylation is 2. The predicted octanol–water partition coefficient (Wildman–Crippen LogP) is 13.2. The number of aromatic nitrogens is 4. The van der Waals surface area contributed by atoms with E-state index in [1.54, 1.807) is 53.3 Å². The van der Waals surface area contributed by atoms with Crippen molar-refractivity contribution < 1.29 is 19.4 Å². The number of phenolic OH excluding ortho intramolecular Hbond substituents is 1. The van der Waals surface area contributed by atoms with Gasteiger partial charge in [-0.15, -0.1) is 22.7 Å². The smallest absolute Gasteiger partial charge is 0.257 e. The Kier molecular flexibility index (Phi) is 16.4. The zero-order valence-corrected chi connectivity index (χ0v) is 38.3. The molecule has 2 amide bonds. The minimum atomic E-state index is -0.311. The zero-order chi connectivity index (χ0) is 44.9. The molecule has 63 heavy (non-hydrogen) atoms. The van der Waals surface area contributed by atoms with E-state index in [-0.39, 0.29) is 51.8 Å². The summed E-state index contributed by atoms with van der Waals surface area (Å²) in [4.78, 5) is 41.8. The minimum absolute atomic E-state index is 0.127. The molecule has 0 saturated carbocycles. The average Bonchev–Trinajstić information content (AvgIpc) is 4.03. The van der Waals surface area contributed by atoms with Gasteiger partial charge in [0.1, 0.15) is 32.2 Å². The molecule has 320 valence electrons. The Labute approximate surface area is 388 Å². The van der Waals surface area contributed by atoms with Crippen LogP contribution >= 0.6 is 57.5 Å². The van der Waals surface area contributed by atoms with Crippen LogP contribution in [-0.4, -0.2) is 36.9 Å². The topological polar surface area (TPSA) is 139 Å². The number of hydrogen-bond acceptors (Lipinski definition) is 10. The van der Waals surface area contributed by atoms with Gasteiger partial charge in [-0.2, -0.15) is 0 Å². The third-order valence-corrected chi connectivity index (χ3v) is 11.6. The second-order valence-corrected chi connectivity index (χ2v) is 17.1. The molecular formula is C48H41Cl3N6O4S2. The molecule has 15 heteroatoms. The first kappa shape index (κ1) is 46.4. The van der Waals surface area contributed by atoms with Crippen molar-refractivity contribution in [2.45, 2.75) is 39.8 Å². The van der Waals surface area contributed by atoms with Crippen LogP contribution in [0.25, 0.3) is 21.1 Å². The molecule has 10 nitrogen and oxygen atoms in total. The van der Waals surface area contributed by atoms with Gasteiger partial charge in [0, 0.05) is 46.7 Å². The van der Waals surface area contributed by atoms with E-state index in [0.717, 1.165) is 37.8 Å². The molecule has 0 radical (unpaired) electrons. The lowest BCUT2D eigenvalue weighted by atomic mass is 10.1. The van der Waals surface area contributed by atoms with Crippen LogP contribution in [0, 0.1) is 13.8 Å². The number of aromatic hydroxyl groups is 1. The molecule has 0 saturated heterocycles. The number of pyridine rings is 2. The number of amides is 2. The van der Waals surface area contributed by atoms with Crippen molar-refractivity contribution in [3.8, 4) is 38.5 Å². The first-order valence-electron chi connectivity index (χ1n) is 19.4. The van der Waals surface area contributed by atoms with Crippen molar-refractivity contribution in [3.63, 3.8) is 0 Å². The molecule has 0 fully saturated rings. The maximum Gasteiger partial charge on any atom is 0.257 e. The SMILES string of the molecule is Cc1ccc([C@H](C)NC(=O)c2cc(Cl)cnc2Cl)cc1.Cc1ccc([C@H](C)NC(=O)c2cc(Cl)cnc2Oc2cccc(-c3nccs3)c2)cc1.Oc1cccc(-c2nccs2)c1. The summed E-state index contributed by atoms with van der Waals surface area (Å²) >= 11 is 21.0. The average molecular weight is 936 g/mol. The fourth-order valence-corrected chi connectivity index (χ4v) is 7.63. The van der Waals surface area contributed by atoms with Crippen LogP contribution in [-0.2, 0) is 0 Å². The molecule has 0 aliphatic heterocycles. The second-order valence-electron chi connectivity index (χ2n) is 14.1. The number of hydrogen-bond donors (Lipinski definition) is 3. The highest BCUT2D eigenvalue weighted by atomic mass is 35.5. The molecule has 2 atom stereocenters. The highest BCUT2D eigenvalue weighted by Crippen LogP contribution is 2.31. The molecule has 0 spiro atoms. The standard InChI is InChI=1S/C24H20ClN3O2S.C15H14Cl2N2O.C9H7NOS/c1-15-6-8-17(9-7-15)16(2)28-22(29)21-13-19(25)14-27-23(21)30-20-5-3-4-18(12-20)24-26-10-11-31-24;1-9-3-5-11(6-4-9)10(2)19-15(20)13-7-12(16)8-18-14(13)17;11-8-3-1-2-7(6-8)9-10-4-5-12-9/h3-14,16H,1-2H3,(H,28,29);3-8,10H,1-2H3,(H,19,20);1-6,11H/t16-;10-;/m00./s1. The van der Waals surface area contributed by atoms with Crippen LogP contribution in [0.3, 0.4) is 0 Å². The monoisotopic (exact) mass is 934 g/mol. The summed E-state index contributed by atoms with van der Waals surface area (Å²) < 4.78 is 5.97. The molecule has 4 aromatic carbocycles. The molecule has 0 bridgehead atoms. The lowest BCUT2D eigenvalue weighted by Gasteiger charge is -2.16. The van der Waals surface area contributed by atoms with Crippen LogP contribution < -0.4 is 15.4 Å². The molecular weight excluding hydrogens is 895 g/mol. The number of nitrogens with one attached hydrogen (secondary N) is 2. The van der Waals surface area contributed by atoms with Gasteiger partial charge in [0.15, 0.2) is 0 Å². The van der Waals surface area contributed by atoms with E-state index in [9.17, 15) is 14.7 Å². The summed E-state index contributed by atoms with van der Waals surface area (Å²) in [6, 6.07) is 33.4. The number of phenols is 1. The quantitative estimate of drug-likeness (QED) is 0.115. The number of halogens is 3. The summed E-state index contributed by atoms with van der Waals surface area (Å²) in [5.41, 5.74) is 6.81. The molecule has 0 aliphatic rings. The fraction of sp³-hybridized carbons (Fsp3) is 0.125. The fourth-order valence-electron chi connectivity index (χ4n) is 5.85. The first-order valence-corrected chi connectivity index (χ1v) is 22.3. The molecule has 0 aliphatic carbocycles. The molecule has 0 unspecified atom stereocenters. The number of carbonyl (C=O) groups excluding carboxylic acids is 2. The number of thiazole rings is 2. The molecule has 4 heterocycles. The summed E-state index contributed by atoms with van der Waals surface area (Å²) in [5, 5.41) is 21.6. The highest BCUT2D eigenvalue weighted by molar-refractivity contribution is 7.13. The van der Waals surface area contributed by atoms with E-state index >= 15 is 0 Å². The van der Waals surface area contributed by atoms with Crippen molar-refractivity contribution in [2.24, 2.45) is 0 Å². The largest absolute Gasteiger partial charge is 0.508 e. The van der Waals surface area contributed by atoms with Crippen LogP contribution in [0.5, 0.6) is 17.4 Å². The van der Waals surface area contributed by atoms with Gasteiger partial charge in [-0.25, -0.2) is 19.9 Å². The lowest BCUT2D eigenvalue weighted by Crippen LogP contribution is -2.27. The van der Waals surface area contributed by atoms with Crippen LogP contribution in [0.1, 0.15) is 68.9 Å². The van der Waals surface area contributed by atoms with Crippen molar-refractivity contribution in [1.29, 1.82) is 0 Å². The Morgan fingerprint density at radius 1 is 0.619 bits per heavy atom. The van der Waals surface area contributed by atoms with Gasteiger partial charge in [-0.1, -0.05) is 119 Å². The van der Waals surface area contributed by atoms with E-state index in [0.29, 0.717) is 15.8 Å². The molecule has 8 rings (SSSR count). The lowest BCUT2D eigenvalue weighted by molar-refractivity contribution is 0.0929. The predicted molar refractivity (Wildman–Crippen MR) is 254 cm³/mol. The maximum absolute atomic E-state index is 13.0. The Bertz CT molecular complexity index is 2760. The van der Waals surface area contributed by atoms with Crippen molar-refractivity contribution >= 4 is 69.3 Å². The second kappa shape index (κ2) is 22.3. The summed E-state index contributed by atoms with van der Waals surface area (Å²) in [7, 11) is 0. The van der Waals surface area contributed by atoms with E-state index in [2.05, 4.69) is 30.6 Å². The van der Waals surface area contributed by atoms with Crippen LogP contribution in [0.2, 0.25) is 15.2 Å². The Morgan fingerprint density at radius 2 is 1.11 bits per heavy atom. The molecule has 8 aromatic rings. The van der Waals surface area contributed by atoms with E-state index in [4.69, 9.17) is 39.5 Å². The Morgan fingerprint density at radius 3 is 1.63 bits per heavy atom. The third kappa shape index (κ3) is 13.4. The summed E-state index contributed by atoms with van der Waals surface area (Å²) in [5.74, 6) is 0.423. The van der Waals surface area contributed by atoms with Gasteiger partial charge < -0.3 is 20.5 Å². The first-order chi connectivity index (χ1) is 30.3. The zero-order valence-electron chi connectivity index (χ0n) is 34.4. The molecule has 3 N–H and O–H groups in total. The van der Waals surface area contributed by atoms with Crippen LogP contribution in [0.4, 0.5) is 0 Å². The van der Waals surface area contributed by atoms with Gasteiger partial charge in [0.25, 0.3) is 11.8 Å². The Hall–Kier alpha value is -6.15. The van der Waals surface area contributed by atoms with Gasteiger partial charge in [0.2, 0.25) is 5.88 Å². The molecule has 4 aromatic heterocycles. The normalized spacial score (nSPS) is 11.5. The van der Waals surface area contributed by atoms with Gasteiger partial charge >= 0.3 is 0 Å². The van der Waals surface area contributed by atoms with E-state index < -0.39 is 0 Å². The van der Waals surface area contributed by atoms with Gasteiger partial charge in [-0.05, 0) is 75.2 Å². The number of benzene rings is 4. The maximum atomic E-state index is 13.0. The van der Waals surface area contributed by atoms with Gasteiger partial charge in [-0.3, -0.25) is 9.59 Å². The van der Waals surface area contributed by atoms with E-state index in [1.165, 1.54) is 24.0 Å². The minimum Gasteiger partial charge on any atom is -0.508 e. The Balaban J connectivity index is 0.000000175. The number of carbonyl (C=O) groups is 2.